The highest BCUT2D eigenvalue weighted by atomic mass is 16.5. The minimum Gasteiger partial charge on any atom is -0.327 e. The molecule has 1 amide bonds. The second-order valence-electron chi connectivity index (χ2n) is 3.67. The highest BCUT2D eigenvalue weighted by Crippen LogP contribution is 2.10. The van der Waals surface area contributed by atoms with Gasteiger partial charge in [0.05, 0.1) is 5.69 Å². The molecule has 82 valence electrons. The molecule has 0 bridgehead atoms. The number of nitrogens with zero attached hydrogens (tertiary/aromatic N) is 2. The Hall–Kier alpha value is -1.52. The molecule has 2 rings (SSSR count). The molecule has 0 N–H and O–H groups in total. The molecule has 1 aromatic rings. The molecule has 15 heavy (non-hydrogen) atoms. The van der Waals surface area contributed by atoms with Crippen LogP contribution in [-0.4, -0.2) is 28.8 Å². The van der Waals surface area contributed by atoms with Gasteiger partial charge in [-0.15, -0.1) is 4.74 Å². The van der Waals surface area contributed by atoms with Crippen LogP contribution in [-0.2, 0) is 6.42 Å². The summed E-state index contributed by atoms with van der Waals surface area (Å²) in [5.41, 5.74) is 0.177. The van der Waals surface area contributed by atoms with Gasteiger partial charge in [0.25, 0.3) is 0 Å². The van der Waals surface area contributed by atoms with Gasteiger partial charge in [-0.25, -0.2) is 9.59 Å². The molecule has 5 heteroatoms. The largest absolute Gasteiger partial charge is 0.358 e. The Bertz CT molecular complexity index is 413. The van der Waals surface area contributed by atoms with Crippen molar-refractivity contribution in [2.45, 2.75) is 26.2 Å². The molecule has 1 saturated heterocycles. The number of likely N-dealkylation sites (tertiary alicyclic amines) is 1. The Kier molecular flexibility index (Phi) is 2.62. The van der Waals surface area contributed by atoms with Crippen LogP contribution >= 0.6 is 0 Å². The van der Waals surface area contributed by atoms with Crippen LogP contribution in [0.5, 0.6) is 0 Å². The molecular weight excluding hydrogens is 196 g/mol. The summed E-state index contributed by atoms with van der Waals surface area (Å²) >= 11 is 0. The molecule has 0 atom stereocenters. The van der Waals surface area contributed by atoms with Gasteiger partial charge in [0.15, 0.2) is 0 Å². The summed E-state index contributed by atoms with van der Waals surface area (Å²) in [5, 5.41) is 0. The van der Waals surface area contributed by atoms with Crippen LogP contribution in [0.15, 0.2) is 15.4 Å². The molecule has 2 heterocycles. The van der Waals surface area contributed by atoms with Crippen molar-refractivity contribution in [3.63, 3.8) is 0 Å². The number of rotatable bonds is 1. The fourth-order valence-electron chi connectivity index (χ4n) is 1.81. The smallest absolute Gasteiger partial charge is 0.327 e. The van der Waals surface area contributed by atoms with Crippen LogP contribution in [0.3, 0.4) is 0 Å². The Morgan fingerprint density at radius 3 is 2.73 bits per heavy atom. The summed E-state index contributed by atoms with van der Waals surface area (Å²) in [6.07, 6.45) is 2.67. The number of aryl methyl sites for hydroxylation is 1. The summed E-state index contributed by atoms with van der Waals surface area (Å²) in [6.45, 7) is 3.39. The Morgan fingerprint density at radius 2 is 2.13 bits per heavy atom. The zero-order valence-corrected chi connectivity index (χ0v) is 8.73. The van der Waals surface area contributed by atoms with Crippen molar-refractivity contribution in [1.29, 1.82) is 0 Å². The zero-order chi connectivity index (χ0) is 10.8. The van der Waals surface area contributed by atoms with Gasteiger partial charge in [-0.05, 0) is 19.3 Å². The fraction of sp³-hybridized carbons (Fsp3) is 0.600. The fourth-order valence-corrected chi connectivity index (χ4v) is 1.81. The van der Waals surface area contributed by atoms with E-state index in [1.807, 2.05) is 6.92 Å². The van der Waals surface area contributed by atoms with Gasteiger partial charge >= 0.3 is 11.7 Å². The highest BCUT2D eigenvalue weighted by molar-refractivity contribution is 5.76. The lowest BCUT2D eigenvalue weighted by Gasteiger charge is -2.14. The van der Waals surface area contributed by atoms with E-state index in [2.05, 4.69) is 0 Å². The third-order valence-electron chi connectivity index (χ3n) is 2.64. The van der Waals surface area contributed by atoms with Gasteiger partial charge in [0.2, 0.25) is 0 Å². The van der Waals surface area contributed by atoms with Crippen molar-refractivity contribution in [1.82, 2.24) is 9.64 Å². The average Bonchev–Trinajstić information content (AvgIpc) is 2.84. The topological polar surface area (TPSA) is 55.5 Å². The zero-order valence-electron chi connectivity index (χ0n) is 8.73. The predicted molar refractivity (Wildman–Crippen MR) is 53.9 cm³/mol. The summed E-state index contributed by atoms with van der Waals surface area (Å²) < 4.78 is 5.97. The van der Waals surface area contributed by atoms with Gasteiger partial charge in [-0.3, -0.25) is 0 Å². The predicted octanol–water partition coefficient (Wildman–Crippen LogP) is 1.07. The van der Waals surface area contributed by atoms with Crippen LogP contribution in [0, 0.1) is 0 Å². The molecule has 0 unspecified atom stereocenters. The van der Waals surface area contributed by atoms with E-state index >= 15 is 0 Å². The summed E-state index contributed by atoms with van der Waals surface area (Å²) in [5.74, 6) is 0. The number of carbonyl (C=O) groups is 1. The number of amides is 1. The molecule has 0 spiro atoms. The van der Waals surface area contributed by atoms with Crippen molar-refractivity contribution in [3.05, 3.63) is 22.2 Å². The van der Waals surface area contributed by atoms with E-state index in [4.69, 9.17) is 4.52 Å². The third kappa shape index (κ3) is 1.82. The summed E-state index contributed by atoms with van der Waals surface area (Å²) in [7, 11) is 0. The molecule has 0 aromatic carbocycles. The van der Waals surface area contributed by atoms with Gasteiger partial charge in [0.1, 0.15) is 0 Å². The van der Waals surface area contributed by atoms with E-state index in [-0.39, 0.29) is 6.03 Å². The van der Waals surface area contributed by atoms with Gasteiger partial charge in [-0.1, -0.05) is 6.92 Å². The number of carbonyl (C=O) groups excluding carboxylic acids is 1. The van der Waals surface area contributed by atoms with Crippen LogP contribution in [0.2, 0.25) is 0 Å². The van der Waals surface area contributed by atoms with E-state index in [1.165, 1.54) is 6.07 Å². The molecule has 1 aliphatic rings. The van der Waals surface area contributed by atoms with Crippen LogP contribution < -0.4 is 5.63 Å². The van der Waals surface area contributed by atoms with E-state index < -0.39 is 5.63 Å². The lowest BCUT2D eigenvalue weighted by molar-refractivity contribution is 0.173. The Labute approximate surface area is 87.2 Å². The number of hydrogen-bond acceptors (Lipinski definition) is 3. The van der Waals surface area contributed by atoms with Crippen molar-refractivity contribution in [2.75, 3.05) is 13.1 Å². The van der Waals surface area contributed by atoms with Crippen LogP contribution in [0.1, 0.15) is 25.5 Å². The van der Waals surface area contributed by atoms with Gasteiger partial charge in [0, 0.05) is 19.2 Å². The SMILES string of the molecule is CCc1cc(=O)on1C(=O)N1CCCC1. The second kappa shape index (κ2) is 3.92. The normalized spacial score (nSPS) is 15.9. The Balaban J connectivity index is 2.27. The third-order valence-corrected chi connectivity index (χ3v) is 2.64. The summed E-state index contributed by atoms with van der Waals surface area (Å²) in [4.78, 5) is 24.6. The van der Waals surface area contributed by atoms with Crippen LogP contribution in [0.25, 0.3) is 0 Å². The minimum atomic E-state index is -0.459. The molecule has 5 nitrogen and oxygen atoms in total. The maximum Gasteiger partial charge on any atom is 0.358 e. The van der Waals surface area contributed by atoms with Gasteiger partial charge < -0.3 is 9.42 Å². The van der Waals surface area contributed by atoms with Crippen molar-refractivity contribution < 1.29 is 9.32 Å². The maximum absolute atomic E-state index is 11.9. The first-order chi connectivity index (χ1) is 7.22. The molecule has 1 fully saturated rings. The van der Waals surface area contributed by atoms with E-state index in [9.17, 15) is 9.59 Å². The Morgan fingerprint density at radius 1 is 1.47 bits per heavy atom. The van der Waals surface area contributed by atoms with E-state index in [0.717, 1.165) is 30.7 Å². The second-order valence-corrected chi connectivity index (χ2v) is 3.67. The molecular formula is C10H14N2O3. The quantitative estimate of drug-likeness (QED) is 0.696. The lowest BCUT2D eigenvalue weighted by Crippen LogP contribution is -2.32. The van der Waals surface area contributed by atoms with E-state index in [0.29, 0.717) is 12.1 Å². The summed E-state index contributed by atoms with van der Waals surface area (Å²) in [6, 6.07) is 1.15. The highest BCUT2D eigenvalue weighted by Gasteiger charge is 2.22. The molecule has 0 aliphatic carbocycles. The van der Waals surface area contributed by atoms with Crippen molar-refractivity contribution >= 4 is 6.03 Å². The molecule has 0 radical (unpaired) electrons. The minimum absolute atomic E-state index is 0.216. The first kappa shape index (κ1) is 10.0. The molecule has 1 aliphatic heterocycles. The standard InChI is InChI=1S/C10H14N2O3/c1-2-8-7-9(13)15-12(8)10(14)11-5-3-4-6-11/h7H,2-6H2,1H3. The lowest BCUT2D eigenvalue weighted by atomic mass is 10.3. The van der Waals surface area contributed by atoms with E-state index in [1.54, 1.807) is 4.90 Å². The molecule has 0 saturated carbocycles. The van der Waals surface area contributed by atoms with Crippen molar-refractivity contribution in [3.8, 4) is 0 Å². The van der Waals surface area contributed by atoms with Crippen molar-refractivity contribution in [2.24, 2.45) is 0 Å². The number of aromatic nitrogens is 1. The number of hydrogen-bond donors (Lipinski definition) is 0. The first-order valence-corrected chi connectivity index (χ1v) is 5.24. The molecule has 1 aromatic heterocycles. The average molecular weight is 210 g/mol. The maximum atomic E-state index is 11.9. The van der Waals surface area contributed by atoms with Gasteiger partial charge in [-0.2, -0.15) is 0 Å². The monoisotopic (exact) mass is 210 g/mol. The first-order valence-electron chi connectivity index (χ1n) is 5.24. The van der Waals surface area contributed by atoms with Crippen LogP contribution in [0.4, 0.5) is 4.79 Å².